The molecule has 0 aromatic carbocycles. The van der Waals surface area contributed by atoms with Gasteiger partial charge >= 0.3 is 6.08 Å². The number of ether oxygens (including phenoxy) is 2. The molecule has 4 nitrogen and oxygen atoms in total. The third-order valence-electron chi connectivity index (χ3n) is 0.979. The molecule has 1 aromatic rings. The molecule has 0 aliphatic carbocycles. The Bertz CT molecular complexity index is 257. The lowest BCUT2D eigenvalue weighted by Gasteiger charge is -1.99. The van der Waals surface area contributed by atoms with E-state index in [0.29, 0.717) is 0 Å². The number of thiazole rings is 1. The van der Waals surface area contributed by atoms with Crippen LogP contribution in [0.2, 0.25) is 0 Å². The molecule has 0 saturated carbocycles. The fourth-order valence-electron chi connectivity index (χ4n) is 0.490. The molecule has 0 spiro atoms. The van der Waals surface area contributed by atoms with E-state index in [-0.39, 0.29) is 6.08 Å². The van der Waals surface area contributed by atoms with Gasteiger partial charge in [-0.2, -0.15) is 0 Å². The number of hydrogen-bond acceptors (Lipinski definition) is 7. The lowest BCUT2D eigenvalue weighted by molar-refractivity contribution is 0.245. The van der Waals surface area contributed by atoms with Gasteiger partial charge in [0.25, 0.3) is 0 Å². The van der Waals surface area contributed by atoms with Gasteiger partial charge in [-0.25, -0.2) is 4.98 Å². The van der Waals surface area contributed by atoms with Crippen molar-refractivity contribution in [3.63, 3.8) is 0 Å². The normalized spacial score (nSPS) is 9.38. The van der Waals surface area contributed by atoms with Crippen LogP contribution in [0, 0.1) is 0 Å². The van der Waals surface area contributed by atoms with Gasteiger partial charge in [0.15, 0.2) is 4.34 Å². The summed E-state index contributed by atoms with van der Waals surface area (Å²) in [5.74, 6) is 0. The zero-order chi connectivity index (χ0) is 9.52. The predicted molar refractivity (Wildman–Crippen MR) is 57.0 cm³/mol. The van der Waals surface area contributed by atoms with Crippen molar-refractivity contribution in [2.45, 2.75) is 4.34 Å². The molecule has 0 amide bonds. The minimum absolute atomic E-state index is 0.258. The van der Waals surface area contributed by atoms with E-state index in [1.54, 1.807) is 17.5 Å². The number of methoxy groups -OCH3 is 2. The third-order valence-corrected chi connectivity index (χ3v) is 3.87. The average Bonchev–Trinajstić information content (AvgIpc) is 2.65. The highest BCUT2D eigenvalue weighted by Gasteiger charge is 1.99. The molecule has 0 N–H and O–H groups in total. The molecule has 0 radical (unpaired) electrons. The van der Waals surface area contributed by atoms with Gasteiger partial charge in [0, 0.05) is 11.6 Å². The molecule has 72 valence electrons. The van der Waals surface area contributed by atoms with Crippen molar-refractivity contribution in [2.24, 2.45) is 4.40 Å². The van der Waals surface area contributed by atoms with Gasteiger partial charge in [0.05, 0.1) is 25.2 Å². The Kier molecular flexibility index (Phi) is 5.02. The van der Waals surface area contributed by atoms with Crippen LogP contribution in [0.5, 0.6) is 0 Å². The quantitative estimate of drug-likeness (QED) is 0.349. The van der Waals surface area contributed by atoms with E-state index in [9.17, 15) is 0 Å². The number of rotatable bonds is 3. The molecular weight excluding hydrogens is 228 g/mol. The largest absolute Gasteiger partial charge is 0.453 e. The summed E-state index contributed by atoms with van der Waals surface area (Å²) in [5, 5.41) is 1.92. The van der Waals surface area contributed by atoms with Crippen molar-refractivity contribution in [3.05, 3.63) is 11.6 Å². The summed E-state index contributed by atoms with van der Waals surface area (Å²) < 4.78 is 14.5. The van der Waals surface area contributed by atoms with Crippen molar-refractivity contribution >= 4 is 39.2 Å². The maximum atomic E-state index is 4.80. The highest BCUT2D eigenvalue weighted by Crippen LogP contribution is 2.33. The van der Waals surface area contributed by atoms with Crippen molar-refractivity contribution in [1.82, 2.24) is 4.98 Å². The van der Waals surface area contributed by atoms with E-state index in [4.69, 9.17) is 9.47 Å². The van der Waals surface area contributed by atoms with Crippen LogP contribution in [0.25, 0.3) is 0 Å². The first-order valence-corrected chi connectivity index (χ1v) is 6.24. The Morgan fingerprint density at radius 1 is 1.54 bits per heavy atom. The maximum Gasteiger partial charge on any atom is 0.395 e. The first-order valence-electron chi connectivity index (χ1n) is 3.26. The van der Waals surface area contributed by atoms with Gasteiger partial charge in [-0.3, -0.25) is 0 Å². The standard InChI is InChI=1S/C6H8N2O2S3/c1-9-5(10-2)8-13-12-6-7-3-4-11-6/h3-4H,1-2H3. The third kappa shape index (κ3) is 3.88. The number of aromatic nitrogens is 1. The second-order valence-electron chi connectivity index (χ2n) is 1.72. The van der Waals surface area contributed by atoms with Crippen LogP contribution in [0.1, 0.15) is 0 Å². The molecule has 0 aliphatic heterocycles. The second kappa shape index (κ2) is 6.11. The lowest BCUT2D eigenvalue weighted by Crippen LogP contribution is -2.01. The Morgan fingerprint density at radius 3 is 2.85 bits per heavy atom. The Balaban J connectivity index is 2.31. The Labute approximate surface area is 88.3 Å². The van der Waals surface area contributed by atoms with Crippen LogP contribution in [-0.2, 0) is 9.47 Å². The average molecular weight is 236 g/mol. The zero-order valence-corrected chi connectivity index (χ0v) is 9.54. The topological polar surface area (TPSA) is 43.7 Å². The summed E-state index contributed by atoms with van der Waals surface area (Å²) in [4.78, 5) is 4.07. The van der Waals surface area contributed by atoms with Gasteiger partial charge < -0.3 is 9.47 Å². The first kappa shape index (κ1) is 10.7. The minimum Gasteiger partial charge on any atom is -0.453 e. The molecular formula is C6H8N2O2S3. The fraction of sp³-hybridized carbons (Fsp3) is 0.333. The van der Waals surface area contributed by atoms with Crippen molar-refractivity contribution in [3.8, 4) is 0 Å². The van der Waals surface area contributed by atoms with E-state index < -0.39 is 0 Å². The van der Waals surface area contributed by atoms with Gasteiger partial charge in [0.1, 0.15) is 0 Å². The van der Waals surface area contributed by atoms with E-state index in [1.807, 2.05) is 5.38 Å². The minimum atomic E-state index is 0.258. The van der Waals surface area contributed by atoms with Crippen LogP contribution < -0.4 is 0 Å². The predicted octanol–water partition coefficient (Wildman–Crippen LogP) is 2.45. The van der Waals surface area contributed by atoms with Crippen LogP contribution >= 0.6 is 33.1 Å². The van der Waals surface area contributed by atoms with Crippen LogP contribution in [-0.4, -0.2) is 25.3 Å². The Morgan fingerprint density at radius 2 is 2.31 bits per heavy atom. The summed E-state index contributed by atoms with van der Waals surface area (Å²) >= 11 is 1.57. The van der Waals surface area contributed by atoms with Crippen molar-refractivity contribution in [1.29, 1.82) is 0 Å². The first-order chi connectivity index (χ1) is 6.36. The Hall–Kier alpha value is -0.400. The highest BCUT2D eigenvalue weighted by atomic mass is 33.1. The molecule has 1 aromatic heterocycles. The molecule has 0 unspecified atom stereocenters. The van der Waals surface area contributed by atoms with E-state index in [1.165, 1.54) is 36.0 Å². The molecule has 13 heavy (non-hydrogen) atoms. The SMILES string of the molecule is COC(=NSSc1nccs1)OC. The smallest absolute Gasteiger partial charge is 0.395 e. The maximum absolute atomic E-state index is 4.80. The number of nitrogens with zero attached hydrogens (tertiary/aromatic N) is 2. The van der Waals surface area contributed by atoms with Crippen molar-refractivity contribution < 1.29 is 9.47 Å². The summed E-state index contributed by atoms with van der Waals surface area (Å²) in [6.07, 6.45) is 2.01. The highest BCUT2D eigenvalue weighted by molar-refractivity contribution is 8.76. The number of hydrogen-bond donors (Lipinski definition) is 0. The summed E-state index contributed by atoms with van der Waals surface area (Å²) in [6, 6.07) is 0. The van der Waals surface area contributed by atoms with Crippen LogP contribution in [0.3, 0.4) is 0 Å². The van der Waals surface area contributed by atoms with Crippen LogP contribution in [0.15, 0.2) is 20.3 Å². The zero-order valence-electron chi connectivity index (χ0n) is 7.09. The summed E-state index contributed by atoms with van der Waals surface area (Å²) in [7, 11) is 5.76. The van der Waals surface area contributed by atoms with Gasteiger partial charge in [0.2, 0.25) is 0 Å². The van der Waals surface area contributed by atoms with E-state index in [2.05, 4.69) is 9.38 Å². The molecule has 1 heterocycles. The monoisotopic (exact) mass is 236 g/mol. The van der Waals surface area contributed by atoms with Crippen molar-refractivity contribution in [2.75, 3.05) is 14.2 Å². The molecule has 0 atom stereocenters. The summed E-state index contributed by atoms with van der Waals surface area (Å²) in [6.45, 7) is 0. The molecule has 0 fully saturated rings. The fourth-order valence-corrected chi connectivity index (χ4v) is 2.83. The lowest BCUT2D eigenvalue weighted by atomic mass is 11.0. The molecule has 1 rings (SSSR count). The second-order valence-corrected chi connectivity index (χ2v) is 4.71. The summed E-state index contributed by atoms with van der Waals surface area (Å²) in [5.41, 5.74) is 0. The van der Waals surface area contributed by atoms with Crippen LogP contribution in [0.4, 0.5) is 0 Å². The van der Waals surface area contributed by atoms with Gasteiger partial charge in [-0.05, 0) is 10.8 Å². The molecule has 0 bridgehead atoms. The van der Waals surface area contributed by atoms with E-state index >= 15 is 0 Å². The molecule has 7 heteroatoms. The molecule has 0 saturated heterocycles. The molecule has 0 aliphatic rings. The van der Waals surface area contributed by atoms with Gasteiger partial charge in [-0.15, -0.1) is 15.7 Å². The van der Waals surface area contributed by atoms with Gasteiger partial charge in [-0.1, -0.05) is 0 Å². The van der Waals surface area contributed by atoms with E-state index in [0.717, 1.165) is 4.34 Å².